The van der Waals surface area contributed by atoms with Gasteiger partial charge in [-0.15, -0.1) is 0 Å². The Morgan fingerprint density at radius 3 is 2.28 bits per heavy atom. The lowest BCUT2D eigenvalue weighted by atomic mass is 10.00. The summed E-state index contributed by atoms with van der Waals surface area (Å²) in [5.74, 6) is -0.159. The average molecular weight is 787 g/mol. The number of rotatable bonds is 12. The van der Waals surface area contributed by atoms with Crippen molar-refractivity contribution in [3.63, 3.8) is 0 Å². The van der Waals surface area contributed by atoms with E-state index in [0.717, 1.165) is 22.1 Å². The van der Waals surface area contributed by atoms with Crippen LogP contribution in [0.2, 0.25) is 0 Å². The van der Waals surface area contributed by atoms with Crippen LogP contribution in [0.15, 0.2) is 49.2 Å². The molecule has 2 fully saturated rings. The maximum Gasteiger partial charge on any atom is 0.410 e. The van der Waals surface area contributed by atoms with Gasteiger partial charge in [-0.25, -0.2) is 19.6 Å². The zero-order chi connectivity index (χ0) is 41.4. The van der Waals surface area contributed by atoms with Gasteiger partial charge in [-0.05, 0) is 91.7 Å². The number of carbonyl (C=O) groups excluding carboxylic acids is 2. The number of benzene rings is 1. The van der Waals surface area contributed by atoms with E-state index in [0.29, 0.717) is 62.8 Å². The lowest BCUT2D eigenvalue weighted by Crippen LogP contribution is -2.44. The molecule has 0 unspecified atom stereocenters. The fourth-order valence-corrected chi connectivity index (χ4v) is 7.96. The Kier molecular flexibility index (Phi) is 12.0. The highest BCUT2D eigenvalue weighted by atomic mass is 16.8. The Morgan fingerprint density at radius 2 is 1.63 bits per heavy atom. The smallest absolute Gasteiger partial charge is 0.410 e. The van der Waals surface area contributed by atoms with Gasteiger partial charge >= 0.3 is 12.2 Å². The molecule has 1 aromatic carbocycles. The van der Waals surface area contributed by atoms with Crippen molar-refractivity contribution in [3.8, 4) is 11.1 Å². The van der Waals surface area contributed by atoms with Gasteiger partial charge in [0.25, 0.3) is 0 Å². The summed E-state index contributed by atoms with van der Waals surface area (Å²) in [4.78, 5) is 40.0. The molecule has 14 heteroatoms. The number of hydrogen-bond donors (Lipinski definition) is 1. The minimum atomic E-state index is -0.839. The van der Waals surface area contributed by atoms with Gasteiger partial charge in [0.1, 0.15) is 35.1 Å². The van der Waals surface area contributed by atoms with Crippen molar-refractivity contribution in [2.75, 3.05) is 31.9 Å². The van der Waals surface area contributed by atoms with Crippen molar-refractivity contribution >= 4 is 29.0 Å². The van der Waals surface area contributed by atoms with E-state index in [4.69, 9.17) is 29.7 Å². The first-order valence-corrected chi connectivity index (χ1v) is 20.2. The van der Waals surface area contributed by atoms with Crippen LogP contribution in [0.25, 0.3) is 22.2 Å². The average Bonchev–Trinajstić information content (AvgIpc) is 3.86. The topological polar surface area (TPSA) is 152 Å². The van der Waals surface area contributed by atoms with Crippen LogP contribution in [0.4, 0.5) is 15.4 Å². The SMILES string of the molecule is CC(C)c1cccc(CCN(CCCN(C[C@H]2C[C@@H](n3cc(-c4cnn(C)c4)c4c(N)ncnc43)[C@@H]3OC(C)(C)O[C@H]23)C(=O)OC(C)(C)C)C(=O)OC(C)(C)C)c1. The van der Waals surface area contributed by atoms with Crippen LogP contribution in [0, 0.1) is 5.92 Å². The van der Waals surface area contributed by atoms with Gasteiger partial charge < -0.3 is 39.0 Å². The van der Waals surface area contributed by atoms with E-state index in [-0.39, 0.29) is 30.3 Å². The first-order valence-electron chi connectivity index (χ1n) is 20.2. The molecular formula is C43H62N8O6. The fourth-order valence-electron chi connectivity index (χ4n) is 7.96. The molecule has 57 heavy (non-hydrogen) atoms. The fraction of sp³-hybridized carbons (Fsp3) is 0.605. The van der Waals surface area contributed by atoms with Crippen molar-refractivity contribution < 1.29 is 28.5 Å². The van der Waals surface area contributed by atoms with Crippen LogP contribution in [0.1, 0.15) is 105 Å². The highest BCUT2D eigenvalue weighted by Gasteiger charge is 2.55. The highest BCUT2D eigenvalue weighted by molar-refractivity contribution is 6.00. The predicted molar refractivity (Wildman–Crippen MR) is 220 cm³/mol. The molecule has 1 aliphatic heterocycles. The highest BCUT2D eigenvalue weighted by Crippen LogP contribution is 2.49. The summed E-state index contributed by atoms with van der Waals surface area (Å²) < 4.78 is 28.9. The number of anilines is 1. The normalized spacial score (nSPS) is 20.6. The Hall–Kier alpha value is -4.69. The van der Waals surface area contributed by atoms with Gasteiger partial charge in [-0.1, -0.05) is 38.1 Å². The molecule has 2 amide bonds. The minimum Gasteiger partial charge on any atom is -0.444 e. The van der Waals surface area contributed by atoms with Crippen LogP contribution in [-0.2, 0) is 32.4 Å². The van der Waals surface area contributed by atoms with Crippen LogP contribution in [-0.4, -0.2) is 102 Å². The second-order valence-electron chi connectivity index (χ2n) is 18.3. The van der Waals surface area contributed by atoms with E-state index in [9.17, 15) is 9.59 Å². The second-order valence-corrected chi connectivity index (χ2v) is 18.3. The van der Waals surface area contributed by atoms with E-state index in [1.165, 1.54) is 11.9 Å². The first-order chi connectivity index (χ1) is 26.7. The lowest BCUT2D eigenvalue weighted by Gasteiger charge is -2.32. The number of nitrogens with zero attached hydrogens (tertiary/aromatic N) is 7. The van der Waals surface area contributed by atoms with E-state index in [1.807, 2.05) is 68.6 Å². The first kappa shape index (κ1) is 41.9. The Labute approximate surface area is 337 Å². The van der Waals surface area contributed by atoms with Gasteiger partial charge in [0.2, 0.25) is 0 Å². The summed E-state index contributed by atoms with van der Waals surface area (Å²) in [6, 6.07) is 8.33. The monoisotopic (exact) mass is 786 g/mol. The van der Waals surface area contributed by atoms with Gasteiger partial charge in [0, 0.05) is 62.7 Å². The van der Waals surface area contributed by atoms with Crippen LogP contribution < -0.4 is 5.73 Å². The summed E-state index contributed by atoms with van der Waals surface area (Å²) in [6.07, 6.45) is 7.70. The van der Waals surface area contributed by atoms with E-state index in [1.54, 1.807) is 20.7 Å². The third-order valence-corrected chi connectivity index (χ3v) is 10.5. The largest absolute Gasteiger partial charge is 0.444 e. The number of hydrogen-bond acceptors (Lipinski definition) is 10. The van der Waals surface area contributed by atoms with Crippen molar-refractivity contribution in [1.82, 2.24) is 34.1 Å². The number of carbonyl (C=O) groups is 2. The van der Waals surface area contributed by atoms with Crippen LogP contribution >= 0.6 is 0 Å². The van der Waals surface area contributed by atoms with Crippen molar-refractivity contribution in [1.29, 1.82) is 0 Å². The molecule has 310 valence electrons. The molecular weight excluding hydrogens is 725 g/mol. The molecule has 6 rings (SSSR count). The molecule has 1 aliphatic carbocycles. The van der Waals surface area contributed by atoms with Crippen molar-refractivity contribution in [3.05, 3.63) is 60.3 Å². The summed E-state index contributed by atoms with van der Waals surface area (Å²) in [5, 5.41) is 5.14. The van der Waals surface area contributed by atoms with Gasteiger partial charge in [-0.2, -0.15) is 5.10 Å². The Morgan fingerprint density at radius 1 is 0.965 bits per heavy atom. The standard InChI is InChI=1S/C43H62N8O6/c1-27(2)29-15-12-14-28(20-29)16-19-49(39(52)56-41(3,4)5)17-13-18-50(40(53)57-42(6,7)8)24-30-21-33(36-35(30)54-43(9,10)55-36)51-25-32(31-22-47-48(11)23-31)34-37(44)45-26-46-38(34)51/h12,14-15,20,22-23,25-27,30,33,35-36H,13,16-19,21,24H2,1-11H3,(H2,44,45,46)/t30-,33-,35-,36+/m1/s1. The minimum absolute atomic E-state index is 0.108. The number of nitrogen functional groups attached to an aromatic ring is 1. The van der Waals surface area contributed by atoms with E-state index < -0.39 is 23.1 Å². The molecule has 4 atom stereocenters. The molecule has 0 spiro atoms. The molecule has 4 heterocycles. The summed E-state index contributed by atoms with van der Waals surface area (Å²) in [5.41, 5.74) is 10.0. The van der Waals surface area contributed by atoms with Crippen molar-refractivity contribution in [2.24, 2.45) is 13.0 Å². The van der Waals surface area contributed by atoms with Gasteiger partial charge in [-0.3, -0.25) is 4.68 Å². The number of nitrogens with two attached hydrogens (primary N) is 1. The number of amides is 2. The number of aromatic nitrogens is 5. The Balaban J connectivity index is 1.24. The third kappa shape index (κ3) is 10.1. The van der Waals surface area contributed by atoms with Crippen molar-refractivity contribution in [2.45, 2.75) is 130 Å². The predicted octanol–water partition coefficient (Wildman–Crippen LogP) is 7.73. The molecule has 1 saturated carbocycles. The van der Waals surface area contributed by atoms with Crippen LogP contribution in [0.5, 0.6) is 0 Å². The number of fused-ring (bicyclic) bond motifs is 2. The number of ether oxygens (including phenoxy) is 4. The summed E-state index contributed by atoms with van der Waals surface area (Å²) in [6.45, 7) is 21.0. The third-order valence-electron chi connectivity index (χ3n) is 10.5. The molecule has 1 saturated heterocycles. The quantitative estimate of drug-likeness (QED) is 0.151. The summed E-state index contributed by atoms with van der Waals surface area (Å²) in [7, 11) is 1.87. The molecule has 0 bridgehead atoms. The zero-order valence-corrected chi connectivity index (χ0v) is 35.6. The zero-order valence-electron chi connectivity index (χ0n) is 35.6. The number of aryl methyl sites for hydroxylation is 1. The van der Waals surface area contributed by atoms with Crippen LogP contribution in [0.3, 0.4) is 0 Å². The maximum atomic E-state index is 14.0. The van der Waals surface area contributed by atoms with E-state index >= 15 is 0 Å². The molecule has 4 aromatic rings. The maximum absolute atomic E-state index is 14.0. The molecule has 2 aliphatic rings. The van der Waals surface area contributed by atoms with E-state index in [2.05, 4.69) is 59.0 Å². The van der Waals surface area contributed by atoms with Gasteiger partial charge in [0.05, 0.1) is 23.7 Å². The Bertz CT molecular complexity index is 2040. The summed E-state index contributed by atoms with van der Waals surface area (Å²) >= 11 is 0. The molecule has 14 nitrogen and oxygen atoms in total. The van der Waals surface area contributed by atoms with Gasteiger partial charge in [0.15, 0.2) is 5.79 Å². The molecule has 3 aromatic heterocycles. The second kappa shape index (κ2) is 16.3. The lowest BCUT2D eigenvalue weighted by molar-refractivity contribution is -0.160. The molecule has 2 N–H and O–H groups in total. The molecule has 0 radical (unpaired) electrons.